The highest BCUT2D eigenvalue weighted by Crippen LogP contribution is 2.34. The van der Waals surface area contributed by atoms with Gasteiger partial charge in [-0.3, -0.25) is 0 Å². The van der Waals surface area contributed by atoms with Crippen LogP contribution in [0.1, 0.15) is 30.3 Å². The van der Waals surface area contributed by atoms with E-state index in [1.54, 1.807) is 0 Å². The van der Waals surface area contributed by atoms with Crippen LogP contribution in [-0.2, 0) is 6.18 Å². The van der Waals surface area contributed by atoms with Crippen molar-refractivity contribution in [1.82, 2.24) is 5.32 Å². The minimum absolute atomic E-state index is 0.109. The standard InChI is InChI=1S/C16H17F3N2OS/c1-10(2)14(13-8-5-9-23-13)21-15(22)20-12-7-4-3-6-11(12)16(17,18)19/h3-10,14H,1-2H3,(H2,20,21,22)/t14-/m1/s1. The number of nitrogens with one attached hydrogen (secondary N) is 2. The quantitative estimate of drug-likeness (QED) is 0.779. The van der Waals surface area contributed by atoms with Gasteiger partial charge in [-0.05, 0) is 29.5 Å². The molecule has 2 aromatic rings. The number of alkyl halides is 3. The van der Waals surface area contributed by atoms with E-state index in [0.717, 1.165) is 10.9 Å². The molecule has 0 saturated heterocycles. The van der Waals surface area contributed by atoms with E-state index in [0.29, 0.717) is 0 Å². The topological polar surface area (TPSA) is 41.1 Å². The second-order valence-corrected chi connectivity index (χ2v) is 6.36. The number of hydrogen-bond acceptors (Lipinski definition) is 2. The van der Waals surface area contributed by atoms with Gasteiger partial charge in [0.15, 0.2) is 0 Å². The summed E-state index contributed by atoms with van der Waals surface area (Å²) >= 11 is 1.49. The van der Waals surface area contributed by atoms with Gasteiger partial charge >= 0.3 is 12.2 Å². The highest BCUT2D eigenvalue weighted by Gasteiger charge is 2.33. The monoisotopic (exact) mass is 342 g/mol. The van der Waals surface area contributed by atoms with E-state index in [4.69, 9.17) is 0 Å². The summed E-state index contributed by atoms with van der Waals surface area (Å²) in [6.07, 6.45) is -4.52. The van der Waals surface area contributed by atoms with E-state index in [1.807, 2.05) is 31.4 Å². The van der Waals surface area contributed by atoms with Gasteiger partial charge in [-0.25, -0.2) is 4.79 Å². The van der Waals surface area contributed by atoms with E-state index in [-0.39, 0.29) is 17.6 Å². The molecule has 1 aromatic heterocycles. The molecule has 2 amide bonds. The summed E-state index contributed by atoms with van der Waals surface area (Å²) in [6, 6.07) is 7.75. The Morgan fingerprint density at radius 3 is 2.39 bits per heavy atom. The Bertz CT molecular complexity index is 654. The Morgan fingerprint density at radius 2 is 1.83 bits per heavy atom. The molecule has 3 nitrogen and oxygen atoms in total. The van der Waals surface area contributed by atoms with Crippen LogP contribution in [0.25, 0.3) is 0 Å². The van der Waals surface area contributed by atoms with Crippen molar-refractivity contribution in [3.05, 3.63) is 52.2 Å². The summed E-state index contributed by atoms with van der Waals surface area (Å²) in [5.74, 6) is 0.109. The normalized spacial score (nSPS) is 13.0. The predicted molar refractivity (Wildman–Crippen MR) is 85.5 cm³/mol. The number of rotatable bonds is 4. The third kappa shape index (κ3) is 4.48. The molecule has 0 radical (unpaired) electrons. The Hall–Kier alpha value is -2.02. The number of thiophene rings is 1. The molecule has 2 N–H and O–H groups in total. The molecule has 124 valence electrons. The van der Waals surface area contributed by atoms with Gasteiger partial charge in [-0.15, -0.1) is 11.3 Å². The molecule has 23 heavy (non-hydrogen) atoms. The summed E-state index contributed by atoms with van der Waals surface area (Å²) in [7, 11) is 0. The number of amides is 2. The van der Waals surface area contributed by atoms with Crippen LogP contribution >= 0.6 is 11.3 Å². The van der Waals surface area contributed by atoms with Crippen molar-refractivity contribution in [3.63, 3.8) is 0 Å². The molecular formula is C16H17F3N2OS. The van der Waals surface area contributed by atoms with Gasteiger partial charge in [-0.1, -0.05) is 32.0 Å². The summed E-state index contributed by atoms with van der Waals surface area (Å²) in [6.45, 7) is 3.88. The SMILES string of the molecule is CC(C)[C@@H](NC(=O)Nc1ccccc1C(F)(F)F)c1cccs1. The molecule has 1 aromatic carbocycles. The van der Waals surface area contributed by atoms with Gasteiger partial charge in [0.1, 0.15) is 0 Å². The zero-order valence-electron chi connectivity index (χ0n) is 12.6. The first-order valence-electron chi connectivity index (χ1n) is 7.06. The number of benzene rings is 1. The molecule has 1 heterocycles. The fourth-order valence-electron chi connectivity index (χ4n) is 2.17. The maximum absolute atomic E-state index is 12.9. The Balaban J connectivity index is 2.14. The third-order valence-electron chi connectivity index (χ3n) is 3.28. The molecule has 7 heteroatoms. The van der Waals surface area contributed by atoms with Crippen molar-refractivity contribution < 1.29 is 18.0 Å². The zero-order chi connectivity index (χ0) is 17.0. The molecule has 0 saturated carbocycles. The van der Waals surface area contributed by atoms with Gasteiger partial charge < -0.3 is 10.6 Å². The van der Waals surface area contributed by atoms with Crippen molar-refractivity contribution in [1.29, 1.82) is 0 Å². The Morgan fingerprint density at radius 1 is 1.13 bits per heavy atom. The molecule has 0 bridgehead atoms. The van der Waals surface area contributed by atoms with Crippen molar-refractivity contribution in [3.8, 4) is 0 Å². The molecule has 0 fully saturated rings. The molecule has 0 aliphatic carbocycles. The number of para-hydroxylation sites is 1. The predicted octanol–water partition coefficient (Wildman–Crippen LogP) is 5.29. The number of carbonyl (C=O) groups excluding carboxylic acids is 1. The third-order valence-corrected chi connectivity index (χ3v) is 4.24. The van der Waals surface area contributed by atoms with Crippen LogP contribution in [0.2, 0.25) is 0 Å². The molecule has 0 unspecified atom stereocenters. The molecule has 2 rings (SSSR count). The largest absolute Gasteiger partial charge is 0.418 e. The lowest BCUT2D eigenvalue weighted by molar-refractivity contribution is -0.136. The highest BCUT2D eigenvalue weighted by molar-refractivity contribution is 7.10. The average Bonchev–Trinajstić information content (AvgIpc) is 2.97. The number of hydrogen-bond donors (Lipinski definition) is 2. The molecule has 0 aliphatic rings. The van der Waals surface area contributed by atoms with E-state index >= 15 is 0 Å². The number of carbonyl (C=O) groups is 1. The number of halogens is 3. The minimum atomic E-state index is -4.52. The van der Waals surface area contributed by atoms with Crippen molar-refractivity contribution in [2.45, 2.75) is 26.1 Å². The van der Waals surface area contributed by atoms with Crippen molar-refractivity contribution in [2.75, 3.05) is 5.32 Å². The number of anilines is 1. The lowest BCUT2D eigenvalue weighted by Gasteiger charge is -2.22. The minimum Gasteiger partial charge on any atom is -0.330 e. The smallest absolute Gasteiger partial charge is 0.330 e. The Labute approximate surface area is 136 Å². The van der Waals surface area contributed by atoms with E-state index in [1.165, 1.54) is 29.5 Å². The number of urea groups is 1. The zero-order valence-corrected chi connectivity index (χ0v) is 13.5. The summed E-state index contributed by atoms with van der Waals surface area (Å²) in [5.41, 5.74) is -1.13. The van der Waals surface area contributed by atoms with Crippen LogP contribution in [0.15, 0.2) is 41.8 Å². The second-order valence-electron chi connectivity index (χ2n) is 5.38. The molecule has 1 atom stereocenters. The fraction of sp³-hybridized carbons (Fsp3) is 0.312. The lowest BCUT2D eigenvalue weighted by atomic mass is 10.0. The van der Waals surface area contributed by atoms with Crippen LogP contribution in [-0.4, -0.2) is 6.03 Å². The molecule has 0 aliphatic heterocycles. The summed E-state index contributed by atoms with van der Waals surface area (Å²) in [4.78, 5) is 13.1. The summed E-state index contributed by atoms with van der Waals surface area (Å²) in [5, 5.41) is 6.93. The van der Waals surface area contributed by atoms with Crippen LogP contribution in [0.4, 0.5) is 23.7 Å². The van der Waals surface area contributed by atoms with E-state index in [2.05, 4.69) is 10.6 Å². The van der Waals surface area contributed by atoms with E-state index < -0.39 is 17.8 Å². The van der Waals surface area contributed by atoms with Gasteiger partial charge in [0.05, 0.1) is 17.3 Å². The fourth-order valence-corrected chi connectivity index (χ4v) is 3.12. The Kier molecular flexibility index (Phi) is 5.30. The molecular weight excluding hydrogens is 325 g/mol. The van der Waals surface area contributed by atoms with Gasteiger partial charge in [0.2, 0.25) is 0 Å². The van der Waals surface area contributed by atoms with Crippen LogP contribution in [0.3, 0.4) is 0 Å². The van der Waals surface area contributed by atoms with Crippen LogP contribution < -0.4 is 10.6 Å². The van der Waals surface area contributed by atoms with Crippen LogP contribution in [0, 0.1) is 5.92 Å². The first kappa shape index (κ1) is 17.3. The summed E-state index contributed by atoms with van der Waals surface area (Å²) < 4.78 is 38.8. The maximum Gasteiger partial charge on any atom is 0.418 e. The van der Waals surface area contributed by atoms with E-state index in [9.17, 15) is 18.0 Å². The van der Waals surface area contributed by atoms with Gasteiger partial charge in [-0.2, -0.15) is 13.2 Å². The van der Waals surface area contributed by atoms with Gasteiger partial charge in [0, 0.05) is 4.88 Å². The second kappa shape index (κ2) is 7.04. The highest BCUT2D eigenvalue weighted by atomic mass is 32.1. The van der Waals surface area contributed by atoms with Crippen LogP contribution in [0.5, 0.6) is 0 Å². The van der Waals surface area contributed by atoms with Crippen molar-refractivity contribution >= 4 is 23.1 Å². The average molecular weight is 342 g/mol. The first-order valence-corrected chi connectivity index (χ1v) is 7.94. The van der Waals surface area contributed by atoms with Crippen molar-refractivity contribution in [2.24, 2.45) is 5.92 Å². The first-order chi connectivity index (χ1) is 10.8. The van der Waals surface area contributed by atoms with Gasteiger partial charge in [0.25, 0.3) is 0 Å². The molecule has 0 spiro atoms. The maximum atomic E-state index is 12.9. The lowest BCUT2D eigenvalue weighted by Crippen LogP contribution is -2.35.